The van der Waals surface area contributed by atoms with Gasteiger partial charge in [-0.3, -0.25) is 4.79 Å². The van der Waals surface area contributed by atoms with Crippen molar-refractivity contribution in [2.45, 2.75) is 51.5 Å². The van der Waals surface area contributed by atoms with Gasteiger partial charge in [0.15, 0.2) is 0 Å². The van der Waals surface area contributed by atoms with Crippen LogP contribution in [-0.2, 0) is 4.79 Å². The van der Waals surface area contributed by atoms with Gasteiger partial charge in [-0.15, -0.1) is 0 Å². The number of anilines is 1. The highest BCUT2D eigenvalue weighted by Crippen LogP contribution is 2.26. The molecule has 1 aromatic rings. The molecule has 0 heterocycles. The molecule has 1 aliphatic carbocycles. The van der Waals surface area contributed by atoms with E-state index in [4.69, 9.17) is 10.5 Å². The molecule has 1 fully saturated rings. The molecule has 4 heteroatoms. The fourth-order valence-corrected chi connectivity index (χ4v) is 3.03. The van der Waals surface area contributed by atoms with E-state index in [0.717, 1.165) is 12.8 Å². The third kappa shape index (κ3) is 4.96. The predicted octanol–water partition coefficient (Wildman–Crippen LogP) is 3.12. The maximum absolute atomic E-state index is 12.0. The molecule has 1 amide bonds. The molecule has 3 N–H and O–H groups in total. The highest BCUT2D eigenvalue weighted by atomic mass is 16.5. The van der Waals surface area contributed by atoms with Gasteiger partial charge in [0.25, 0.3) is 0 Å². The Hall–Kier alpha value is -1.71. The first-order valence-corrected chi connectivity index (χ1v) is 7.96. The lowest BCUT2D eigenvalue weighted by molar-refractivity contribution is -0.122. The van der Waals surface area contributed by atoms with Crippen LogP contribution in [0.1, 0.15) is 45.4 Å². The van der Waals surface area contributed by atoms with E-state index in [9.17, 15) is 4.79 Å². The molecule has 21 heavy (non-hydrogen) atoms. The Morgan fingerprint density at radius 3 is 2.95 bits per heavy atom. The lowest BCUT2D eigenvalue weighted by Crippen LogP contribution is -2.42. The second-order valence-corrected chi connectivity index (χ2v) is 5.80. The van der Waals surface area contributed by atoms with E-state index in [1.54, 1.807) is 6.07 Å². The lowest BCUT2D eigenvalue weighted by atomic mass is 9.83. The van der Waals surface area contributed by atoms with Gasteiger partial charge in [0.2, 0.25) is 5.91 Å². The van der Waals surface area contributed by atoms with E-state index < -0.39 is 0 Å². The molecule has 0 aliphatic heterocycles. The van der Waals surface area contributed by atoms with Crippen molar-refractivity contribution in [2.75, 3.05) is 12.3 Å². The fraction of sp³-hybridized carbons (Fsp3) is 0.588. The number of nitrogens with two attached hydrogens (primary N) is 1. The van der Waals surface area contributed by atoms with E-state index in [-0.39, 0.29) is 5.91 Å². The number of carbonyl (C=O) groups is 1. The van der Waals surface area contributed by atoms with Gasteiger partial charge in [0.1, 0.15) is 5.75 Å². The third-order valence-corrected chi connectivity index (χ3v) is 4.24. The zero-order valence-corrected chi connectivity index (χ0v) is 12.8. The van der Waals surface area contributed by atoms with Gasteiger partial charge in [-0.05, 0) is 30.9 Å². The monoisotopic (exact) mass is 290 g/mol. The van der Waals surface area contributed by atoms with Gasteiger partial charge in [0.05, 0.1) is 13.0 Å². The Bertz CT molecular complexity index is 462. The first-order chi connectivity index (χ1) is 10.2. The Morgan fingerprint density at radius 2 is 2.19 bits per heavy atom. The van der Waals surface area contributed by atoms with Gasteiger partial charge in [-0.2, -0.15) is 0 Å². The van der Waals surface area contributed by atoms with E-state index in [0.29, 0.717) is 36.4 Å². The van der Waals surface area contributed by atoms with E-state index in [2.05, 4.69) is 12.2 Å². The van der Waals surface area contributed by atoms with Crippen LogP contribution in [-0.4, -0.2) is 18.6 Å². The molecule has 0 bridgehead atoms. The largest absolute Gasteiger partial charge is 0.493 e. The van der Waals surface area contributed by atoms with Crippen LogP contribution in [0.15, 0.2) is 24.3 Å². The number of rotatable bonds is 6. The summed E-state index contributed by atoms with van der Waals surface area (Å²) in [6, 6.07) is 7.63. The van der Waals surface area contributed by atoms with Crippen LogP contribution in [0.2, 0.25) is 0 Å². The highest BCUT2D eigenvalue weighted by molar-refractivity contribution is 5.76. The van der Waals surface area contributed by atoms with E-state index in [1.807, 2.05) is 18.2 Å². The summed E-state index contributed by atoms with van der Waals surface area (Å²) in [6.45, 7) is 2.59. The SMILES string of the molecule is CCC1CCCCC1NC(=O)CCOc1cccc(N)c1. The maximum atomic E-state index is 12.0. The average Bonchev–Trinajstić information content (AvgIpc) is 2.48. The lowest BCUT2D eigenvalue weighted by Gasteiger charge is -2.31. The Morgan fingerprint density at radius 1 is 1.38 bits per heavy atom. The summed E-state index contributed by atoms with van der Waals surface area (Å²) in [7, 11) is 0. The molecule has 4 nitrogen and oxygen atoms in total. The minimum atomic E-state index is 0.0873. The normalized spacial score (nSPS) is 21.8. The number of carbonyl (C=O) groups excluding carboxylic acids is 1. The molecule has 1 aliphatic rings. The van der Waals surface area contributed by atoms with Gasteiger partial charge in [0, 0.05) is 17.8 Å². The highest BCUT2D eigenvalue weighted by Gasteiger charge is 2.24. The number of nitrogens with one attached hydrogen (secondary N) is 1. The molecular formula is C17H26N2O2. The summed E-state index contributed by atoms with van der Waals surface area (Å²) >= 11 is 0. The number of benzene rings is 1. The first-order valence-electron chi connectivity index (χ1n) is 7.96. The standard InChI is InChI=1S/C17H26N2O2/c1-2-13-6-3-4-9-16(13)19-17(20)10-11-21-15-8-5-7-14(18)12-15/h5,7-8,12-13,16H,2-4,6,9-11,18H2,1H3,(H,19,20). The summed E-state index contributed by atoms with van der Waals surface area (Å²) in [5.74, 6) is 1.44. The number of amides is 1. The molecule has 2 rings (SSSR count). The first kappa shape index (κ1) is 15.7. The van der Waals surface area contributed by atoms with Crippen LogP contribution in [0, 0.1) is 5.92 Å². The zero-order valence-electron chi connectivity index (χ0n) is 12.8. The molecule has 2 atom stereocenters. The van der Waals surface area contributed by atoms with Crippen molar-refractivity contribution >= 4 is 11.6 Å². The third-order valence-electron chi connectivity index (χ3n) is 4.24. The molecule has 116 valence electrons. The van der Waals surface area contributed by atoms with Gasteiger partial charge >= 0.3 is 0 Å². The number of nitrogen functional groups attached to an aromatic ring is 1. The smallest absolute Gasteiger partial charge is 0.223 e. The molecule has 2 unspecified atom stereocenters. The quantitative estimate of drug-likeness (QED) is 0.791. The van der Waals surface area contributed by atoms with Crippen molar-refractivity contribution < 1.29 is 9.53 Å². The van der Waals surface area contributed by atoms with Gasteiger partial charge < -0.3 is 15.8 Å². The van der Waals surface area contributed by atoms with Crippen molar-refractivity contribution in [1.29, 1.82) is 0 Å². The number of hydrogen-bond donors (Lipinski definition) is 2. The average molecular weight is 290 g/mol. The van der Waals surface area contributed by atoms with Crippen LogP contribution in [0.4, 0.5) is 5.69 Å². The van der Waals surface area contributed by atoms with Crippen molar-refractivity contribution in [3.05, 3.63) is 24.3 Å². The van der Waals surface area contributed by atoms with Crippen molar-refractivity contribution in [1.82, 2.24) is 5.32 Å². The summed E-state index contributed by atoms with van der Waals surface area (Å²) in [5.41, 5.74) is 6.36. The molecule has 0 saturated heterocycles. The fourth-order valence-electron chi connectivity index (χ4n) is 3.03. The molecule has 1 saturated carbocycles. The van der Waals surface area contributed by atoms with E-state index >= 15 is 0 Å². The minimum absolute atomic E-state index is 0.0873. The summed E-state index contributed by atoms with van der Waals surface area (Å²) < 4.78 is 5.56. The maximum Gasteiger partial charge on any atom is 0.223 e. The second-order valence-electron chi connectivity index (χ2n) is 5.80. The number of hydrogen-bond acceptors (Lipinski definition) is 3. The van der Waals surface area contributed by atoms with Crippen molar-refractivity contribution in [3.63, 3.8) is 0 Å². The number of ether oxygens (including phenoxy) is 1. The molecule has 1 aromatic carbocycles. The van der Waals surface area contributed by atoms with Crippen LogP contribution < -0.4 is 15.8 Å². The van der Waals surface area contributed by atoms with Crippen LogP contribution in [0.25, 0.3) is 0 Å². The van der Waals surface area contributed by atoms with Crippen LogP contribution in [0.3, 0.4) is 0 Å². The van der Waals surface area contributed by atoms with Crippen LogP contribution >= 0.6 is 0 Å². The Kier molecular flexibility index (Phi) is 5.90. The Labute approximate surface area is 127 Å². The summed E-state index contributed by atoms with van der Waals surface area (Å²) in [5, 5.41) is 3.17. The van der Waals surface area contributed by atoms with Crippen molar-refractivity contribution in [3.8, 4) is 5.75 Å². The summed E-state index contributed by atoms with van der Waals surface area (Å²) in [6.07, 6.45) is 6.40. The van der Waals surface area contributed by atoms with Crippen LogP contribution in [0.5, 0.6) is 5.75 Å². The molecule has 0 spiro atoms. The van der Waals surface area contributed by atoms with Gasteiger partial charge in [-0.1, -0.05) is 32.3 Å². The topological polar surface area (TPSA) is 64.3 Å². The molecular weight excluding hydrogens is 264 g/mol. The van der Waals surface area contributed by atoms with Crippen molar-refractivity contribution in [2.24, 2.45) is 5.92 Å². The zero-order chi connectivity index (χ0) is 15.1. The van der Waals surface area contributed by atoms with Gasteiger partial charge in [-0.25, -0.2) is 0 Å². The van der Waals surface area contributed by atoms with E-state index in [1.165, 1.54) is 19.3 Å². The second kappa shape index (κ2) is 7.91. The summed E-state index contributed by atoms with van der Waals surface area (Å²) in [4.78, 5) is 12.0. The Balaban J connectivity index is 1.72. The minimum Gasteiger partial charge on any atom is -0.493 e. The molecule has 0 radical (unpaired) electrons. The predicted molar refractivity (Wildman–Crippen MR) is 85.1 cm³/mol. The molecule has 0 aromatic heterocycles.